The number of ether oxygens (including phenoxy) is 1. The van der Waals surface area contributed by atoms with Gasteiger partial charge in [0.1, 0.15) is 11.6 Å². The lowest BCUT2D eigenvalue weighted by atomic mass is 9.74. The molecule has 110 valence electrons. The summed E-state index contributed by atoms with van der Waals surface area (Å²) in [4.78, 5) is 11.8. The average Bonchev–Trinajstić information content (AvgIpc) is 2.87. The molecule has 20 heavy (non-hydrogen) atoms. The topological polar surface area (TPSA) is 46.5 Å². The normalized spacial score (nSPS) is 17.4. The summed E-state index contributed by atoms with van der Waals surface area (Å²) < 4.78 is 19.2. The lowest BCUT2D eigenvalue weighted by Gasteiger charge is -2.29. The monoisotopic (exact) mass is 280 g/mol. The largest absolute Gasteiger partial charge is 0.496 e. The van der Waals surface area contributed by atoms with Gasteiger partial charge in [-0.2, -0.15) is 0 Å². The zero-order valence-corrected chi connectivity index (χ0v) is 12.2. The van der Waals surface area contributed by atoms with Crippen LogP contribution in [0.25, 0.3) is 0 Å². The van der Waals surface area contributed by atoms with Crippen LogP contribution in [-0.2, 0) is 10.2 Å². The van der Waals surface area contributed by atoms with Gasteiger partial charge in [0.25, 0.3) is 0 Å². The van der Waals surface area contributed by atoms with Crippen LogP contribution in [0.5, 0.6) is 5.75 Å². The van der Waals surface area contributed by atoms with E-state index >= 15 is 0 Å². The summed E-state index contributed by atoms with van der Waals surface area (Å²) in [5, 5.41) is 9.71. The Labute approximate surface area is 118 Å². The first-order valence-electron chi connectivity index (χ1n) is 7.03. The van der Waals surface area contributed by atoms with Gasteiger partial charge in [-0.05, 0) is 30.4 Å². The molecule has 1 aromatic carbocycles. The fourth-order valence-electron chi connectivity index (χ4n) is 3.33. The zero-order chi connectivity index (χ0) is 14.9. The number of benzene rings is 1. The number of carboxylic acid groups (broad SMARTS) is 1. The summed E-state index contributed by atoms with van der Waals surface area (Å²) in [6.45, 7) is 3.95. The molecular formula is C16H21FO3. The molecule has 0 aromatic heterocycles. The standard InChI is InChI=1S/C16H21FO3/c1-10(2)14-12(8-11(17)9-13(14)20-3)16(15(18)19)6-4-5-7-16/h8-10H,4-7H2,1-3H3,(H,18,19). The van der Waals surface area contributed by atoms with E-state index in [1.54, 1.807) is 0 Å². The highest BCUT2D eigenvalue weighted by Crippen LogP contribution is 2.46. The molecule has 0 amide bonds. The molecule has 0 radical (unpaired) electrons. The highest BCUT2D eigenvalue weighted by Gasteiger charge is 2.45. The van der Waals surface area contributed by atoms with E-state index < -0.39 is 17.2 Å². The third-order valence-corrected chi connectivity index (χ3v) is 4.29. The highest BCUT2D eigenvalue weighted by molar-refractivity contribution is 5.83. The number of carbonyl (C=O) groups is 1. The third kappa shape index (κ3) is 2.28. The van der Waals surface area contributed by atoms with E-state index in [0.29, 0.717) is 24.2 Å². The molecule has 0 aliphatic heterocycles. The molecule has 0 unspecified atom stereocenters. The first-order valence-corrected chi connectivity index (χ1v) is 7.03. The Morgan fingerprint density at radius 3 is 2.40 bits per heavy atom. The van der Waals surface area contributed by atoms with Crippen molar-refractivity contribution in [3.63, 3.8) is 0 Å². The fourth-order valence-corrected chi connectivity index (χ4v) is 3.33. The molecule has 0 saturated heterocycles. The molecule has 2 rings (SSSR count). The Balaban J connectivity index is 2.71. The average molecular weight is 280 g/mol. The molecule has 1 aliphatic carbocycles. The van der Waals surface area contributed by atoms with Gasteiger partial charge in [0.15, 0.2) is 0 Å². The molecule has 0 spiro atoms. The number of methoxy groups -OCH3 is 1. The van der Waals surface area contributed by atoms with Crippen LogP contribution in [0.3, 0.4) is 0 Å². The molecule has 4 heteroatoms. The van der Waals surface area contributed by atoms with Gasteiger partial charge in [-0.15, -0.1) is 0 Å². The second-order valence-corrected chi connectivity index (χ2v) is 5.82. The van der Waals surface area contributed by atoms with Gasteiger partial charge in [-0.3, -0.25) is 4.79 Å². The summed E-state index contributed by atoms with van der Waals surface area (Å²) in [5.74, 6) is -0.766. The second kappa shape index (κ2) is 5.43. The Kier molecular flexibility index (Phi) is 4.02. The van der Waals surface area contributed by atoms with Crippen molar-refractivity contribution in [2.75, 3.05) is 7.11 Å². The molecular weight excluding hydrogens is 259 g/mol. The number of hydrogen-bond donors (Lipinski definition) is 1. The summed E-state index contributed by atoms with van der Waals surface area (Å²) >= 11 is 0. The van der Waals surface area contributed by atoms with E-state index in [1.807, 2.05) is 13.8 Å². The van der Waals surface area contributed by atoms with Crippen LogP contribution < -0.4 is 4.74 Å². The predicted molar refractivity (Wildman–Crippen MR) is 74.8 cm³/mol. The van der Waals surface area contributed by atoms with E-state index in [0.717, 1.165) is 18.4 Å². The Bertz CT molecular complexity index is 517. The van der Waals surface area contributed by atoms with Gasteiger partial charge in [0.2, 0.25) is 0 Å². The third-order valence-electron chi connectivity index (χ3n) is 4.29. The number of halogens is 1. The van der Waals surface area contributed by atoms with Crippen molar-refractivity contribution in [3.8, 4) is 5.75 Å². The fraction of sp³-hybridized carbons (Fsp3) is 0.562. The molecule has 0 bridgehead atoms. The smallest absolute Gasteiger partial charge is 0.314 e. The van der Waals surface area contributed by atoms with E-state index in [2.05, 4.69) is 0 Å². The lowest BCUT2D eigenvalue weighted by molar-refractivity contribution is -0.143. The maximum atomic E-state index is 13.9. The molecule has 1 N–H and O–H groups in total. The minimum absolute atomic E-state index is 0.0809. The maximum Gasteiger partial charge on any atom is 0.314 e. The van der Waals surface area contributed by atoms with Crippen molar-refractivity contribution >= 4 is 5.97 Å². The van der Waals surface area contributed by atoms with Crippen molar-refractivity contribution in [3.05, 3.63) is 29.1 Å². The Morgan fingerprint density at radius 2 is 1.95 bits per heavy atom. The first kappa shape index (κ1) is 14.8. The van der Waals surface area contributed by atoms with Gasteiger partial charge in [0, 0.05) is 11.6 Å². The first-order chi connectivity index (χ1) is 9.42. The number of rotatable bonds is 4. The van der Waals surface area contributed by atoms with Crippen LogP contribution in [0.4, 0.5) is 4.39 Å². The molecule has 3 nitrogen and oxygen atoms in total. The van der Waals surface area contributed by atoms with Crippen LogP contribution >= 0.6 is 0 Å². The van der Waals surface area contributed by atoms with Gasteiger partial charge >= 0.3 is 5.97 Å². The zero-order valence-electron chi connectivity index (χ0n) is 12.2. The molecule has 1 saturated carbocycles. The second-order valence-electron chi connectivity index (χ2n) is 5.82. The summed E-state index contributed by atoms with van der Waals surface area (Å²) in [6.07, 6.45) is 2.86. The van der Waals surface area contributed by atoms with Crippen molar-refractivity contribution in [2.45, 2.75) is 50.9 Å². The van der Waals surface area contributed by atoms with Crippen molar-refractivity contribution in [2.24, 2.45) is 0 Å². The van der Waals surface area contributed by atoms with Gasteiger partial charge in [-0.25, -0.2) is 4.39 Å². The van der Waals surface area contributed by atoms with Gasteiger partial charge < -0.3 is 9.84 Å². The van der Waals surface area contributed by atoms with Crippen LogP contribution in [0.2, 0.25) is 0 Å². The minimum atomic E-state index is -0.963. The van der Waals surface area contributed by atoms with Crippen molar-refractivity contribution < 1.29 is 19.0 Å². The Morgan fingerprint density at radius 1 is 1.35 bits per heavy atom. The van der Waals surface area contributed by atoms with E-state index in [-0.39, 0.29) is 5.92 Å². The molecule has 0 heterocycles. The van der Waals surface area contributed by atoms with Crippen molar-refractivity contribution in [1.29, 1.82) is 0 Å². The van der Waals surface area contributed by atoms with Gasteiger partial charge in [-0.1, -0.05) is 26.7 Å². The number of hydrogen-bond acceptors (Lipinski definition) is 2. The summed E-state index contributed by atoms with van der Waals surface area (Å²) in [5.41, 5.74) is 0.446. The quantitative estimate of drug-likeness (QED) is 0.911. The number of carboxylic acids is 1. The maximum absolute atomic E-state index is 13.9. The van der Waals surface area contributed by atoms with E-state index in [1.165, 1.54) is 19.2 Å². The molecule has 1 fully saturated rings. The van der Waals surface area contributed by atoms with Crippen molar-refractivity contribution in [1.82, 2.24) is 0 Å². The molecule has 1 aromatic rings. The minimum Gasteiger partial charge on any atom is -0.496 e. The molecule has 1 aliphatic rings. The SMILES string of the molecule is COc1cc(F)cc(C2(C(=O)O)CCCC2)c1C(C)C. The van der Waals surface area contributed by atoms with E-state index in [9.17, 15) is 14.3 Å². The Hall–Kier alpha value is -1.58. The van der Waals surface area contributed by atoms with Crippen LogP contribution in [-0.4, -0.2) is 18.2 Å². The summed E-state index contributed by atoms with van der Waals surface area (Å²) in [7, 11) is 1.49. The summed E-state index contributed by atoms with van der Waals surface area (Å²) in [6, 6.07) is 2.72. The van der Waals surface area contributed by atoms with Crippen LogP contribution in [0.15, 0.2) is 12.1 Å². The van der Waals surface area contributed by atoms with Crippen LogP contribution in [0.1, 0.15) is 56.6 Å². The van der Waals surface area contributed by atoms with Gasteiger partial charge in [0.05, 0.1) is 12.5 Å². The number of aliphatic carboxylic acids is 1. The van der Waals surface area contributed by atoms with Crippen LogP contribution in [0, 0.1) is 5.82 Å². The lowest BCUT2D eigenvalue weighted by Crippen LogP contribution is -2.34. The molecule has 0 atom stereocenters. The van der Waals surface area contributed by atoms with E-state index in [4.69, 9.17) is 4.74 Å². The highest BCUT2D eigenvalue weighted by atomic mass is 19.1. The predicted octanol–water partition coefficient (Wildman–Crippen LogP) is 3.85.